The molecule has 1 saturated heterocycles. The molecule has 0 aliphatic carbocycles. The molecule has 0 spiro atoms. The summed E-state index contributed by atoms with van der Waals surface area (Å²) in [6.45, 7) is 7.96. The Bertz CT molecular complexity index is 181. The molecule has 0 aromatic rings. The Hall–Kier alpha value is -0.120. The molecule has 0 aromatic carbocycles. The molecule has 1 aliphatic heterocycles. The second-order valence-electron chi connectivity index (χ2n) is 5.41. The summed E-state index contributed by atoms with van der Waals surface area (Å²) in [5, 5.41) is 3.51. The Morgan fingerprint density at radius 3 is 2.94 bits per heavy atom. The van der Waals surface area contributed by atoms with Gasteiger partial charge < -0.3 is 14.8 Å². The summed E-state index contributed by atoms with van der Waals surface area (Å²) in [7, 11) is 0. The SMILES string of the molecule is CCCCCC(C)NCCOCC1CCCCO1. The monoisotopic (exact) mass is 257 g/mol. The zero-order chi connectivity index (χ0) is 13.1. The highest BCUT2D eigenvalue weighted by Crippen LogP contribution is 2.12. The van der Waals surface area contributed by atoms with Crippen LogP contribution >= 0.6 is 0 Å². The van der Waals surface area contributed by atoms with E-state index in [2.05, 4.69) is 19.2 Å². The normalized spacial score (nSPS) is 22.0. The van der Waals surface area contributed by atoms with Crippen LogP contribution in [0.25, 0.3) is 0 Å². The third-order valence-electron chi connectivity index (χ3n) is 3.56. The van der Waals surface area contributed by atoms with Gasteiger partial charge in [-0.1, -0.05) is 26.2 Å². The Morgan fingerprint density at radius 1 is 1.33 bits per heavy atom. The van der Waals surface area contributed by atoms with E-state index in [-0.39, 0.29) is 0 Å². The topological polar surface area (TPSA) is 30.5 Å². The Balaban J connectivity index is 1.85. The van der Waals surface area contributed by atoms with Crippen molar-refractivity contribution in [3.63, 3.8) is 0 Å². The maximum absolute atomic E-state index is 5.66. The van der Waals surface area contributed by atoms with Gasteiger partial charge >= 0.3 is 0 Å². The van der Waals surface area contributed by atoms with Crippen molar-refractivity contribution in [1.82, 2.24) is 5.32 Å². The first-order valence-corrected chi connectivity index (χ1v) is 7.75. The molecule has 1 aliphatic rings. The van der Waals surface area contributed by atoms with Crippen LogP contribution in [0.3, 0.4) is 0 Å². The summed E-state index contributed by atoms with van der Waals surface area (Å²) in [6, 6.07) is 0.617. The minimum absolute atomic E-state index is 0.348. The van der Waals surface area contributed by atoms with E-state index in [9.17, 15) is 0 Å². The zero-order valence-electron chi connectivity index (χ0n) is 12.2. The molecule has 2 unspecified atom stereocenters. The smallest absolute Gasteiger partial charge is 0.0808 e. The van der Waals surface area contributed by atoms with Crippen molar-refractivity contribution in [3.8, 4) is 0 Å². The quantitative estimate of drug-likeness (QED) is 0.610. The standard InChI is InChI=1S/C15H31NO2/c1-3-4-5-8-14(2)16-10-12-17-13-15-9-6-7-11-18-15/h14-16H,3-13H2,1-2H3. The van der Waals surface area contributed by atoms with Gasteiger partial charge in [-0.3, -0.25) is 0 Å². The summed E-state index contributed by atoms with van der Waals surface area (Å²) >= 11 is 0. The lowest BCUT2D eigenvalue weighted by Gasteiger charge is -2.22. The molecule has 0 bridgehead atoms. The maximum atomic E-state index is 5.66. The second kappa shape index (κ2) is 10.8. The molecule has 1 fully saturated rings. The number of ether oxygens (including phenoxy) is 2. The summed E-state index contributed by atoms with van der Waals surface area (Å²) < 4.78 is 11.3. The van der Waals surface area contributed by atoms with Gasteiger partial charge in [-0.15, -0.1) is 0 Å². The molecule has 0 aromatic heterocycles. The van der Waals surface area contributed by atoms with Crippen LogP contribution in [0.15, 0.2) is 0 Å². The van der Waals surface area contributed by atoms with Crippen LogP contribution in [0.2, 0.25) is 0 Å². The minimum atomic E-state index is 0.348. The van der Waals surface area contributed by atoms with Gasteiger partial charge in [-0.05, 0) is 32.6 Å². The third kappa shape index (κ3) is 8.06. The number of rotatable bonds is 10. The number of hydrogen-bond acceptors (Lipinski definition) is 3. The molecule has 1 N–H and O–H groups in total. The molecule has 0 radical (unpaired) electrons. The van der Waals surface area contributed by atoms with Crippen LogP contribution in [0.5, 0.6) is 0 Å². The molecule has 0 saturated carbocycles. The molecule has 2 atom stereocenters. The van der Waals surface area contributed by atoms with Crippen molar-refractivity contribution >= 4 is 0 Å². The fourth-order valence-corrected chi connectivity index (χ4v) is 2.33. The van der Waals surface area contributed by atoms with Crippen molar-refractivity contribution in [2.45, 2.75) is 70.9 Å². The van der Waals surface area contributed by atoms with Gasteiger partial charge in [0.15, 0.2) is 0 Å². The van der Waals surface area contributed by atoms with Crippen LogP contribution < -0.4 is 5.32 Å². The number of hydrogen-bond donors (Lipinski definition) is 1. The Morgan fingerprint density at radius 2 is 2.22 bits per heavy atom. The van der Waals surface area contributed by atoms with E-state index in [1.165, 1.54) is 44.9 Å². The van der Waals surface area contributed by atoms with Gasteiger partial charge in [0.05, 0.1) is 19.3 Å². The van der Waals surface area contributed by atoms with Crippen LogP contribution in [-0.2, 0) is 9.47 Å². The fraction of sp³-hybridized carbons (Fsp3) is 1.00. The summed E-state index contributed by atoms with van der Waals surface area (Å²) in [4.78, 5) is 0. The van der Waals surface area contributed by atoms with Crippen LogP contribution in [-0.4, -0.2) is 38.5 Å². The highest BCUT2D eigenvalue weighted by Gasteiger charge is 2.13. The van der Waals surface area contributed by atoms with Gasteiger partial charge in [0.25, 0.3) is 0 Å². The molecule has 108 valence electrons. The van der Waals surface area contributed by atoms with Gasteiger partial charge in [-0.25, -0.2) is 0 Å². The Kier molecular flexibility index (Phi) is 9.54. The second-order valence-corrected chi connectivity index (χ2v) is 5.41. The zero-order valence-corrected chi connectivity index (χ0v) is 12.2. The van der Waals surface area contributed by atoms with Crippen LogP contribution in [0.4, 0.5) is 0 Å². The van der Waals surface area contributed by atoms with Crippen molar-refractivity contribution in [2.24, 2.45) is 0 Å². The van der Waals surface area contributed by atoms with E-state index in [0.717, 1.165) is 26.4 Å². The molecule has 1 heterocycles. The molecule has 3 nitrogen and oxygen atoms in total. The minimum Gasteiger partial charge on any atom is -0.377 e. The van der Waals surface area contributed by atoms with Gasteiger partial charge in [-0.2, -0.15) is 0 Å². The summed E-state index contributed by atoms with van der Waals surface area (Å²) in [5.41, 5.74) is 0. The predicted octanol–water partition coefficient (Wildman–Crippen LogP) is 3.13. The maximum Gasteiger partial charge on any atom is 0.0808 e. The largest absolute Gasteiger partial charge is 0.377 e. The molecular weight excluding hydrogens is 226 g/mol. The predicted molar refractivity (Wildman–Crippen MR) is 76.0 cm³/mol. The third-order valence-corrected chi connectivity index (χ3v) is 3.56. The first-order chi connectivity index (χ1) is 8.83. The van der Waals surface area contributed by atoms with E-state index in [0.29, 0.717) is 12.1 Å². The van der Waals surface area contributed by atoms with Crippen molar-refractivity contribution in [3.05, 3.63) is 0 Å². The van der Waals surface area contributed by atoms with Gasteiger partial charge in [0, 0.05) is 19.2 Å². The number of nitrogens with one attached hydrogen (secondary N) is 1. The van der Waals surface area contributed by atoms with Crippen molar-refractivity contribution in [1.29, 1.82) is 0 Å². The van der Waals surface area contributed by atoms with E-state index in [1.54, 1.807) is 0 Å². The molecule has 18 heavy (non-hydrogen) atoms. The highest BCUT2D eigenvalue weighted by atomic mass is 16.5. The average Bonchev–Trinajstić information content (AvgIpc) is 2.40. The first kappa shape index (κ1) is 15.9. The van der Waals surface area contributed by atoms with Gasteiger partial charge in [0.2, 0.25) is 0 Å². The van der Waals surface area contributed by atoms with Crippen LogP contribution in [0, 0.1) is 0 Å². The van der Waals surface area contributed by atoms with E-state index < -0.39 is 0 Å². The number of unbranched alkanes of at least 4 members (excludes halogenated alkanes) is 2. The summed E-state index contributed by atoms with van der Waals surface area (Å²) in [6.07, 6.45) is 9.29. The molecule has 0 amide bonds. The average molecular weight is 257 g/mol. The summed E-state index contributed by atoms with van der Waals surface area (Å²) in [5.74, 6) is 0. The Labute approximate surface area is 113 Å². The van der Waals surface area contributed by atoms with E-state index in [4.69, 9.17) is 9.47 Å². The van der Waals surface area contributed by atoms with Gasteiger partial charge in [0.1, 0.15) is 0 Å². The van der Waals surface area contributed by atoms with E-state index >= 15 is 0 Å². The van der Waals surface area contributed by atoms with Crippen LogP contribution in [0.1, 0.15) is 58.8 Å². The van der Waals surface area contributed by atoms with Crippen molar-refractivity contribution in [2.75, 3.05) is 26.4 Å². The first-order valence-electron chi connectivity index (χ1n) is 7.75. The lowest BCUT2D eigenvalue weighted by Crippen LogP contribution is -2.31. The van der Waals surface area contributed by atoms with Crippen molar-refractivity contribution < 1.29 is 9.47 Å². The molecule has 1 rings (SSSR count). The lowest BCUT2D eigenvalue weighted by atomic mass is 10.1. The molecular formula is C15H31NO2. The lowest BCUT2D eigenvalue weighted by molar-refractivity contribution is -0.0400. The van der Waals surface area contributed by atoms with E-state index in [1.807, 2.05) is 0 Å². The fourth-order valence-electron chi connectivity index (χ4n) is 2.33. The molecule has 3 heteroatoms. The highest BCUT2D eigenvalue weighted by molar-refractivity contribution is 4.63.